The molecule has 1 atom stereocenters. The number of piperidine rings is 1. The number of nitrogens with zero attached hydrogens (tertiary/aromatic N) is 6. The van der Waals surface area contributed by atoms with Crippen molar-refractivity contribution in [1.29, 1.82) is 0 Å². The molecular weight excluding hydrogens is 450 g/mol. The number of fused-ring (bicyclic) bond motifs is 1. The number of pyridine rings is 1. The van der Waals surface area contributed by atoms with Gasteiger partial charge in [-0.3, -0.25) is 0 Å². The molecule has 186 valence electrons. The number of ether oxygens (including phenoxy) is 1. The number of hydrogen-bond donors (Lipinski definition) is 1. The van der Waals surface area contributed by atoms with E-state index in [0.29, 0.717) is 12.1 Å². The van der Waals surface area contributed by atoms with Crippen LogP contribution in [-0.4, -0.2) is 62.4 Å². The first-order chi connectivity index (χ1) is 17.6. The van der Waals surface area contributed by atoms with E-state index in [1.54, 1.807) is 6.33 Å². The summed E-state index contributed by atoms with van der Waals surface area (Å²) in [6.07, 6.45) is 10.3. The minimum Gasteiger partial charge on any atom is -0.490 e. The monoisotopic (exact) mass is 483 g/mol. The van der Waals surface area contributed by atoms with Crippen molar-refractivity contribution in [3.8, 4) is 17.0 Å². The topological polar surface area (TPSA) is 81.0 Å². The van der Waals surface area contributed by atoms with Crippen LogP contribution in [0.25, 0.3) is 22.3 Å². The van der Waals surface area contributed by atoms with Crippen LogP contribution in [0.5, 0.6) is 5.75 Å². The Hall–Kier alpha value is -3.52. The van der Waals surface area contributed by atoms with Gasteiger partial charge in [0.05, 0.1) is 24.0 Å². The van der Waals surface area contributed by atoms with Crippen LogP contribution in [0.4, 0.5) is 5.82 Å². The van der Waals surface area contributed by atoms with E-state index < -0.39 is 0 Å². The lowest BCUT2D eigenvalue weighted by Gasteiger charge is -2.29. The second-order valence-corrected chi connectivity index (χ2v) is 10.2. The zero-order valence-corrected chi connectivity index (χ0v) is 21.0. The molecule has 6 rings (SSSR count). The molecule has 1 saturated heterocycles. The molecule has 4 aromatic rings. The standard InChI is InChI=1S/C28H33N7O/c1-19(24-5-3-4-6-26(24)36-23-7-8-23)15-29-27-14-25(31-18-32-27)20-13-21-17-33-35(28(21)30-16-20)22-9-11-34(2)12-10-22/h3-6,13-14,16-19,22-23H,7-12,15H2,1-2H3,(H,29,31,32). The van der Waals surface area contributed by atoms with Crippen LogP contribution < -0.4 is 10.1 Å². The first kappa shape index (κ1) is 22.9. The van der Waals surface area contributed by atoms with E-state index in [1.807, 2.05) is 24.5 Å². The average Bonchev–Trinajstić information content (AvgIpc) is 3.63. The lowest BCUT2D eigenvalue weighted by Crippen LogP contribution is -2.31. The molecule has 0 spiro atoms. The van der Waals surface area contributed by atoms with Gasteiger partial charge in [0.1, 0.15) is 17.9 Å². The zero-order chi connectivity index (χ0) is 24.5. The Balaban J connectivity index is 1.16. The average molecular weight is 484 g/mol. The summed E-state index contributed by atoms with van der Waals surface area (Å²) >= 11 is 0. The second kappa shape index (κ2) is 9.85. The Kier molecular flexibility index (Phi) is 6.27. The van der Waals surface area contributed by atoms with Crippen molar-refractivity contribution in [2.24, 2.45) is 0 Å². The molecule has 8 nitrogen and oxygen atoms in total. The highest BCUT2D eigenvalue weighted by Gasteiger charge is 2.25. The molecule has 0 bridgehead atoms. The van der Waals surface area contributed by atoms with E-state index in [0.717, 1.165) is 79.2 Å². The third-order valence-electron chi connectivity index (χ3n) is 7.29. The zero-order valence-electron chi connectivity index (χ0n) is 21.0. The number of para-hydroxylation sites is 1. The van der Waals surface area contributed by atoms with Gasteiger partial charge in [-0.1, -0.05) is 25.1 Å². The van der Waals surface area contributed by atoms with Crippen molar-refractivity contribution >= 4 is 16.9 Å². The van der Waals surface area contributed by atoms with Gasteiger partial charge < -0.3 is 15.0 Å². The first-order valence-corrected chi connectivity index (χ1v) is 13.0. The number of hydrogen-bond acceptors (Lipinski definition) is 7. The third kappa shape index (κ3) is 4.91. The van der Waals surface area contributed by atoms with Crippen LogP contribution in [0.1, 0.15) is 50.1 Å². The van der Waals surface area contributed by atoms with Gasteiger partial charge in [-0.2, -0.15) is 5.10 Å². The van der Waals surface area contributed by atoms with E-state index >= 15 is 0 Å². The summed E-state index contributed by atoms with van der Waals surface area (Å²) in [4.78, 5) is 16.1. The predicted molar refractivity (Wildman–Crippen MR) is 141 cm³/mol. The molecule has 4 heterocycles. The van der Waals surface area contributed by atoms with Gasteiger partial charge in [0.25, 0.3) is 0 Å². The first-order valence-electron chi connectivity index (χ1n) is 13.0. The van der Waals surface area contributed by atoms with Gasteiger partial charge in [0, 0.05) is 35.7 Å². The molecule has 0 radical (unpaired) electrons. The maximum absolute atomic E-state index is 6.12. The van der Waals surface area contributed by atoms with Gasteiger partial charge in [-0.25, -0.2) is 19.6 Å². The van der Waals surface area contributed by atoms with Gasteiger partial charge in [0.2, 0.25) is 0 Å². The van der Waals surface area contributed by atoms with E-state index in [4.69, 9.17) is 9.72 Å². The van der Waals surface area contributed by atoms with Gasteiger partial charge >= 0.3 is 0 Å². The fraction of sp³-hybridized carbons (Fsp3) is 0.429. The van der Waals surface area contributed by atoms with Crippen molar-refractivity contribution in [2.75, 3.05) is 32.0 Å². The summed E-state index contributed by atoms with van der Waals surface area (Å²) in [5.41, 5.74) is 3.98. The van der Waals surface area contributed by atoms with Crippen molar-refractivity contribution in [1.82, 2.24) is 29.6 Å². The van der Waals surface area contributed by atoms with Crippen LogP contribution in [0.2, 0.25) is 0 Å². The van der Waals surface area contributed by atoms with E-state index in [1.165, 1.54) is 5.56 Å². The molecule has 36 heavy (non-hydrogen) atoms. The molecule has 8 heteroatoms. The molecule has 1 N–H and O–H groups in total. The van der Waals surface area contributed by atoms with E-state index in [-0.39, 0.29) is 5.92 Å². The number of likely N-dealkylation sites (tertiary alicyclic amines) is 1. The minimum atomic E-state index is 0.279. The van der Waals surface area contributed by atoms with E-state index in [2.05, 4.69) is 68.2 Å². The van der Waals surface area contributed by atoms with Crippen LogP contribution in [0.15, 0.2) is 55.1 Å². The Labute approximate surface area is 211 Å². The highest BCUT2D eigenvalue weighted by atomic mass is 16.5. The largest absolute Gasteiger partial charge is 0.490 e. The molecule has 1 aromatic carbocycles. The maximum atomic E-state index is 6.12. The third-order valence-corrected chi connectivity index (χ3v) is 7.29. The van der Waals surface area contributed by atoms with Crippen molar-refractivity contribution in [3.63, 3.8) is 0 Å². The molecule has 0 amide bonds. The number of nitrogens with one attached hydrogen (secondary N) is 1. The van der Waals surface area contributed by atoms with Crippen molar-refractivity contribution in [3.05, 3.63) is 60.7 Å². The lowest BCUT2D eigenvalue weighted by atomic mass is 10.00. The van der Waals surface area contributed by atoms with Crippen molar-refractivity contribution in [2.45, 2.75) is 50.7 Å². The quantitative estimate of drug-likeness (QED) is 0.381. The van der Waals surface area contributed by atoms with Gasteiger partial charge in [0.15, 0.2) is 5.65 Å². The highest BCUT2D eigenvalue weighted by molar-refractivity contribution is 5.80. The molecular formula is C28H33N7O. The summed E-state index contributed by atoms with van der Waals surface area (Å²) < 4.78 is 8.22. The number of benzene rings is 1. The Bertz CT molecular complexity index is 1340. The maximum Gasteiger partial charge on any atom is 0.158 e. The molecule has 2 fully saturated rings. The second-order valence-electron chi connectivity index (χ2n) is 10.2. The van der Waals surface area contributed by atoms with Crippen LogP contribution >= 0.6 is 0 Å². The summed E-state index contributed by atoms with van der Waals surface area (Å²) in [5, 5.41) is 9.21. The lowest BCUT2D eigenvalue weighted by molar-refractivity contribution is 0.215. The summed E-state index contributed by atoms with van der Waals surface area (Å²) in [6.45, 7) is 5.16. The smallest absolute Gasteiger partial charge is 0.158 e. The number of anilines is 1. The Morgan fingerprint density at radius 2 is 1.86 bits per heavy atom. The highest BCUT2D eigenvalue weighted by Crippen LogP contribution is 2.33. The molecule has 1 unspecified atom stereocenters. The molecule has 1 saturated carbocycles. The minimum absolute atomic E-state index is 0.279. The summed E-state index contributed by atoms with van der Waals surface area (Å²) in [5.74, 6) is 2.08. The Morgan fingerprint density at radius 3 is 2.69 bits per heavy atom. The fourth-order valence-electron chi connectivity index (χ4n) is 4.93. The normalized spacial score (nSPS) is 17.8. The molecule has 2 aliphatic rings. The number of aromatic nitrogens is 5. The van der Waals surface area contributed by atoms with Crippen molar-refractivity contribution < 1.29 is 4.74 Å². The van der Waals surface area contributed by atoms with Crippen LogP contribution in [0, 0.1) is 0 Å². The fourth-order valence-corrected chi connectivity index (χ4v) is 4.93. The van der Waals surface area contributed by atoms with Crippen LogP contribution in [0.3, 0.4) is 0 Å². The number of rotatable bonds is 8. The molecule has 1 aliphatic heterocycles. The molecule has 1 aliphatic carbocycles. The van der Waals surface area contributed by atoms with Crippen LogP contribution in [-0.2, 0) is 0 Å². The van der Waals surface area contributed by atoms with Gasteiger partial charge in [-0.15, -0.1) is 0 Å². The molecule has 3 aromatic heterocycles. The van der Waals surface area contributed by atoms with Gasteiger partial charge in [-0.05, 0) is 63.5 Å². The summed E-state index contributed by atoms with van der Waals surface area (Å²) in [7, 11) is 2.18. The Morgan fingerprint density at radius 1 is 1.03 bits per heavy atom. The predicted octanol–water partition coefficient (Wildman–Crippen LogP) is 4.91. The van der Waals surface area contributed by atoms with E-state index in [9.17, 15) is 0 Å². The summed E-state index contributed by atoms with van der Waals surface area (Å²) in [6, 6.07) is 12.9. The SMILES string of the molecule is CC(CNc1cc(-c2cnc3c(cnn3C3CCN(C)CC3)c2)ncn1)c1ccccc1OC1CC1.